The molecule has 0 radical (unpaired) electrons. The Kier molecular flexibility index (Phi) is 5.00. The molecule has 0 amide bonds. The highest BCUT2D eigenvalue weighted by atomic mass is 15.1. The second kappa shape index (κ2) is 7.54. The van der Waals surface area contributed by atoms with Crippen LogP contribution in [-0.4, -0.2) is 7.05 Å². The average molecular weight is 326 g/mol. The second-order valence-electron chi connectivity index (χ2n) is 5.70. The number of nitrogens with zero attached hydrogens (tertiary/aromatic N) is 1. The van der Waals surface area contributed by atoms with Crippen LogP contribution < -0.4 is 10.2 Å². The molecule has 1 N–H and O–H groups in total. The van der Waals surface area contributed by atoms with Crippen molar-refractivity contribution in [2.45, 2.75) is 0 Å². The summed E-state index contributed by atoms with van der Waals surface area (Å²) in [5.41, 5.74) is 4.21. The highest BCUT2D eigenvalue weighted by molar-refractivity contribution is 5.88. The smallest absolute Gasteiger partial charge is 0.0467 e. The van der Waals surface area contributed by atoms with Gasteiger partial charge < -0.3 is 10.2 Å². The lowest BCUT2D eigenvalue weighted by Crippen LogP contribution is -2.15. The van der Waals surface area contributed by atoms with Crippen molar-refractivity contribution in [3.05, 3.63) is 104 Å². The van der Waals surface area contributed by atoms with Gasteiger partial charge in [-0.1, -0.05) is 49.6 Å². The average Bonchev–Trinajstić information content (AvgIpc) is 2.68. The van der Waals surface area contributed by atoms with Crippen molar-refractivity contribution in [2.24, 2.45) is 0 Å². The third-order valence-corrected chi connectivity index (χ3v) is 4.16. The highest BCUT2D eigenvalue weighted by Crippen LogP contribution is 2.33. The first kappa shape index (κ1) is 16.6. The molecule has 0 bridgehead atoms. The standard InChI is InChI=1S/C23H22N2/c1-4-8-21(5-2)25(22-15-12-20(24-3)13-16-22)23-14-11-18-9-6-7-10-19(18)17-23/h4-17,24H,1-2H2,3H3/b21-8+. The first-order chi connectivity index (χ1) is 12.3. The van der Waals surface area contributed by atoms with E-state index in [-0.39, 0.29) is 0 Å². The number of hydrogen-bond donors (Lipinski definition) is 1. The van der Waals surface area contributed by atoms with Crippen LogP contribution in [0.25, 0.3) is 10.8 Å². The molecule has 0 unspecified atom stereocenters. The van der Waals surface area contributed by atoms with Crippen LogP contribution in [0.4, 0.5) is 17.1 Å². The lowest BCUT2D eigenvalue weighted by Gasteiger charge is -2.26. The van der Waals surface area contributed by atoms with Crippen LogP contribution in [0.1, 0.15) is 0 Å². The minimum atomic E-state index is 0.975. The summed E-state index contributed by atoms with van der Waals surface area (Å²) in [7, 11) is 1.92. The lowest BCUT2D eigenvalue weighted by molar-refractivity contribution is 1.21. The molecule has 0 aliphatic rings. The van der Waals surface area contributed by atoms with Gasteiger partial charge in [0.05, 0.1) is 0 Å². The molecule has 3 aromatic rings. The van der Waals surface area contributed by atoms with Crippen molar-refractivity contribution in [3.63, 3.8) is 0 Å². The van der Waals surface area contributed by atoms with Gasteiger partial charge in [0.1, 0.15) is 0 Å². The first-order valence-electron chi connectivity index (χ1n) is 8.28. The molecule has 25 heavy (non-hydrogen) atoms. The minimum absolute atomic E-state index is 0.975. The van der Waals surface area contributed by atoms with E-state index in [2.05, 4.69) is 90.1 Å². The van der Waals surface area contributed by atoms with E-state index in [1.807, 2.05) is 19.2 Å². The van der Waals surface area contributed by atoms with Crippen LogP contribution in [0.3, 0.4) is 0 Å². The monoisotopic (exact) mass is 326 g/mol. The normalized spacial score (nSPS) is 11.2. The van der Waals surface area contributed by atoms with Gasteiger partial charge in [-0.15, -0.1) is 0 Å². The number of hydrogen-bond acceptors (Lipinski definition) is 2. The van der Waals surface area contributed by atoms with E-state index < -0.39 is 0 Å². The van der Waals surface area contributed by atoms with E-state index in [0.29, 0.717) is 0 Å². The number of rotatable bonds is 6. The van der Waals surface area contributed by atoms with Gasteiger partial charge in [0.2, 0.25) is 0 Å². The van der Waals surface area contributed by atoms with Crippen molar-refractivity contribution in [1.29, 1.82) is 0 Å². The third-order valence-electron chi connectivity index (χ3n) is 4.16. The first-order valence-corrected chi connectivity index (χ1v) is 8.28. The summed E-state index contributed by atoms with van der Waals surface area (Å²) >= 11 is 0. The van der Waals surface area contributed by atoms with Gasteiger partial charge in [-0.05, 0) is 59.3 Å². The number of fused-ring (bicyclic) bond motifs is 1. The molecule has 2 heteroatoms. The van der Waals surface area contributed by atoms with E-state index in [1.165, 1.54) is 10.8 Å². The Bertz CT molecular complexity index is 920. The van der Waals surface area contributed by atoms with Gasteiger partial charge in [-0.25, -0.2) is 0 Å². The van der Waals surface area contributed by atoms with Gasteiger partial charge in [0.25, 0.3) is 0 Å². The van der Waals surface area contributed by atoms with E-state index in [1.54, 1.807) is 6.08 Å². The van der Waals surface area contributed by atoms with E-state index in [9.17, 15) is 0 Å². The fraction of sp³-hybridized carbons (Fsp3) is 0.0435. The molecular weight excluding hydrogens is 304 g/mol. The quantitative estimate of drug-likeness (QED) is 0.537. The predicted octanol–water partition coefficient (Wildman–Crippen LogP) is 6.28. The molecule has 0 saturated heterocycles. The zero-order valence-electron chi connectivity index (χ0n) is 14.4. The summed E-state index contributed by atoms with van der Waals surface area (Å²) in [6.07, 6.45) is 5.60. The summed E-state index contributed by atoms with van der Waals surface area (Å²) in [5.74, 6) is 0. The van der Waals surface area contributed by atoms with Gasteiger partial charge in [0.15, 0.2) is 0 Å². The predicted molar refractivity (Wildman–Crippen MR) is 111 cm³/mol. The molecule has 2 nitrogen and oxygen atoms in total. The Balaban J connectivity index is 2.15. The van der Waals surface area contributed by atoms with Crippen LogP contribution in [0.2, 0.25) is 0 Å². The minimum Gasteiger partial charge on any atom is -0.388 e. The van der Waals surface area contributed by atoms with Gasteiger partial charge >= 0.3 is 0 Å². The molecular formula is C23H22N2. The molecule has 3 rings (SSSR count). The number of benzene rings is 3. The zero-order valence-corrected chi connectivity index (χ0v) is 14.4. The molecule has 0 atom stereocenters. The fourth-order valence-corrected chi connectivity index (χ4v) is 2.89. The number of allylic oxidation sites excluding steroid dienone is 3. The van der Waals surface area contributed by atoms with Crippen molar-refractivity contribution >= 4 is 27.8 Å². The Morgan fingerprint density at radius 1 is 0.880 bits per heavy atom. The zero-order chi connectivity index (χ0) is 17.6. The maximum absolute atomic E-state index is 3.98. The van der Waals surface area contributed by atoms with E-state index >= 15 is 0 Å². The Labute approximate surface area is 149 Å². The maximum Gasteiger partial charge on any atom is 0.0467 e. The van der Waals surface area contributed by atoms with Crippen molar-refractivity contribution in [1.82, 2.24) is 0 Å². The van der Waals surface area contributed by atoms with Gasteiger partial charge in [-0.3, -0.25) is 0 Å². The largest absolute Gasteiger partial charge is 0.388 e. The Hall–Kier alpha value is -3.26. The summed E-state index contributed by atoms with van der Waals surface area (Å²) < 4.78 is 0. The molecule has 3 aromatic carbocycles. The topological polar surface area (TPSA) is 15.3 Å². The highest BCUT2D eigenvalue weighted by Gasteiger charge is 2.13. The molecule has 0 fully saturated rings. The van der Waals surface area contributed by atoms with Crippen LogP contribution in [0.15, 0.2) is 104 Å². The number of anilines is 3. The van der Waals surface area contributed by atoms with Crippen LogP contribution >= 0.6 is 0 Å². The summed E-state index contributed by atoms with van der Waals surface area (Å²) in [6.45, 7) is 7.81. The molecule has 0 aliphatic carbocycles. The Morgan fingerprint density at radius 3 is 2.20 bits per heavy atom. The fourth-order valence-electron chi connectivity index (χ4n) is 2.89. The molecule has 0 heterocycles. The molecule has 124 valence electrons. The van der Waals surface area contributed by atoms with Crippen LogP contribution in [0, 0.1) is 0 Å². The van der Waals surface area contributed by atoms with Crippen molar-refractivity contribution in [3.8, 4) is 0 Å². The molecule has 0 spiro atoms. The van der Waals surface area contributed by atoms with Crippen molar-refractivity contribution < 1.29 is 0 Å². The molecule has 0 saturated carbocycles. The van der Waals surface area contributed by atoms with Gasteiger partial charge in [0, 0.05) is 29.8 Å². The van der Waals surface area contributed by atoms with Crippen LogP contribution in [-0.2, 0) is 0 Å². The third kappa shape index (κ3) is 3.48. The summed E-state index contributed by atoms with van der Waals surface area (Å²) in [5, 5.41) is 5.59. The lowest BCUT2D eigenvalue weighted by atomic mass is 10.1. The number of nitrogens with one attached hydrogen (secondary N) is 1. The van der Waals surface area contributed by atoms with E-state index in [0.717, 1.165) is 22.8 Å². The van der Waals surface area contributed by atoms with Gasteiger partial charge in [-0.2, -0.15) is 0 Å². The SMILES string of the molecule is C=C/C=C(\C=C)N(c1ccc(NC)cc1)c1ccc2ccccc2c1. The summed E-state index contributed by atoms with van der Waals surface area (Å²) in [6, 6.07) is 23.2. The van der Waals surface area contributed by atoms with Crippen molar-refractivity contribution in [2.75, 3.05) is 17.3 Å². The maximum atomic E-state index is 3.98. The summed E-state index contributed by atoms with van der Waals surface area (Å²) in [4.78, 5) is 2.18. The molecule has 0 aliphatic heterocycles. The van der Waals surface area contributed by atoms with E-state index in [4.69, 9.17) is 0 Å². The second-order valence-corrected chi connectivity index (χ2v) is 5.70. The van der Waals surface area contributed by atoms with Crippen LogP contribution in [0.5, 0.6) is 0 Å². The Morgan fingerprint density at radius 2 is 1.56 bits per heavy atom. The molecule has 0 aromatic heterocycles.